The smallest absolute Gasteiger partial charge is 0.151 e. The van der Waals surface area contributed by atoms with Gasteiger partial charge in [-0.05, 0) is 42.7 Å². The number of pyridine rings is 1. The van der Waals surface area contributed by atoms with Crippen LogP contribution in [-0.2, 0) is 5.41 Å². The van der Waals surface area contributed by atoms with Gasteiger partial charge in [0, 0.05) is 23.3 Å². The summed E-state index contributed by atoms with van der Waals surface area (Å²) in [4.78, 5) is 4.66. The van der Waals surface area contributed by atoms with Gasteiger partial charge in [-0.1, -0.05) is 26.0 Å². The van der Waals surface area contributed by atoms with Gasteiger partial charge in [0.05, 0.1) is 17.2 Å². The van der Waals surface area contributed by atoms with Crippen LogP contribution in [0.4, 0.5) is 5.82 Å². The van der Waals surface area contributed by atoms with Gasteiger partial charge >= 0.3 is 0 Å². The van der Waals surface area contributed by atoms with Crippen LogP contribution in [0.3, 0.4) is 0 Å². The second-order valence-electron chi connectivity index (χ2n) is 6.27. The Labute approximate surface area is 140 Å². The Morgan fingerprint density at radius 1 is 1.17 bits per heavy atom. The fourth-order valence-electron chi connectivity index (χ4n) is 2.57. The predicted octanol–water partition coefficient (Wildman–Crippen LogP) is 4.40. The van der Waals surface area contributed by atoms with Crippen molar-refractivity contribution in [2.75, 3.05) is 19.0 Å². The molecule has 0 unspecified atom stereocenters. The van der Waals surface area contributed by atoms with Crippen LogP contribution in [0.15, 0.2) is 36.4 Å². The van der Waals surface area contributed by atoms with Gasteiger partial charge in [0.15, 0.2) is 5.82 Å². The van der Waals surface area contributed by atoms with Crippen molar-refractivity contribution in [1.82, 2.24) is 9.36 Å². The average Bonchev–Trinajstić information content (AvgIpc) is 2.96. The molecule has 4 nitrogen and oxygen atoms in total. The van der Waals surface area contributed by atoms with E-state index < -0.39 is 0 Å². The fourth-order valence-corrected chi connectivity index (χ4v) is 3.34. The van der Waals surface area contributed by atoms with E-state index in [0.717, 1.165) is 39.6 Å². The third kappa shape index (κ3) is 3.15. The molecule has 23 heavy (non-hydrogen) atoms. The number of benzene rings is 1. The number of nitrogens with zero attached hydrogens (tertiary/aromatic N) is 2. The van der Waals surface area contributed by atoms with Crippen molar-refractivity contribution in [3.05, 3.63) is 47.8 Å². The molecule has 0 spiro atoms. The number of fused-ring (bicyclic) bond motifs is 1. The summed E-state index contributed by atoms with van der Waals surface area (Å²) >= 11 is 1.48. The summed E-state index contributed by atoms with van der Waals surface area (Å²) in [6.45, 7) is 7.15. The van der Waals surface area contributed by atoms with Gasteiger partial charge in [0.25, 0.3) is 0 Å². The highest BCUT2D eigenvalue weighted by Gasteiger charge is 2.23. The van der Waals surface area contributed by atoms with E-state index in [2.05, 4.69) is 46.7 Å². The molecule has 2 heterocycles. The Kier molecular flexibility index (Phi) is 4.22. The average molecular weight is 327 g/mol. The highest BCUT2D eigenvalue weighted by molar-refractivity contribution is 7.13. The van der Waals surface area contributed by atoms with Crippen LogP contribution in [0.25, 0.3) is 10.1 Å². The molecule has 0 amide bonds. The molecule has 3 aromatic rings. The van der Waals surface area contributed by atoms with Gasteiger partial charge in [0.1, 0.15) is 5.75 Å². The fraction of sp³-hybridized carbons (Fsp3) is 0.333. The zero-order chi connectivity index (χ0) is 16.4. The van der Waals surface area contributed by atoms with Crippen molar-refractivity contribution in [2.24, 2.45) is 0 Å². The zero-order valence-electron chi connectivity index (χ0n) is 13.9. The van der Waals surface area contributed by atoms with Crippen LogP contribution in [-0.4, -0.2) is 23.0 Å². The summed E-state index contributed by atoms with van der Waals surface area (Å²) in [5.41, 5.74) is 2.03. The van der Waals surface area contributed by atoms with Crippen molar-refractivity contribution in [3.63, 3.8) is 0 Å². The number of hydrogen-bond donors (Lipinski definition) is 1. The number of aryl methyl sites for hydroxylation is 1. The van der Waals surface area contributed by atoms with Crippen molar-refractivity contribution >= 4 is 27.4 Å². The van der Waals surface area contributed by atoms with E-state index in [1.165, 1.54) is 11.5 Å². The number of nitrogens with one attached hydrogen (secondary N) is 1. The number of ether oxygens (including phenoxy) is 1. The molecule has 0 saturated heterocycles. The van der Waals surface area contributed by atoms with E-state index >= 15 is 0 Å². The van der Waals surface area contributed by atoms with E-state index in [9.17, 15) is 0 Å². The van der Waals surface area contributed by atoms with Crippen molar-refractivity contribution in [1.29, 1.82) is 0 Å². The summed E-state index contributed by atoms with van der Waals surface area (Å²) < 4.78 is 11.1. The largest absolute Gasteiger partial charge is 0.496 e. The number of rotatable bonds is 5. The minimum atomic E-state index is -0.0933. The molecule has 0 aliphatic rings. The monoisotopic (exact) mass is 327 g/mol. The molecule has 0 radical (unpaired) electrons. The first kappa shape index (κ1) is 15.7. The van der Waals surface area contributed by atoms with Gasteiger partial charge in [-0.2, -0.15) is 4.37 Å². The van der Waals surface area contributed by atoms with Gasteiger partial charge < -0.3 is 10.1 Å². The van der Waals surface area contributed by atoms with Gasteiger partial charge in [-0.3, -0.25) is 4.98 Å². The number of hydrogen-bond acceptors (Lipinski definition) is 5. The molecule has 0 saturated carbocycles. The third-order valence-corrected chi connectivity index (χ3v) is 4.77. The van der Waals surface area contributed by atoms with Crippen LogP contribution in [0, 0.1) is 6.92 Å². The van der Waals surface area contributed by atoms with E-state index in [1.807, 2.05) is 25.1 Å². The highest BCUT2D eigenvalue weighted by Crippen LogP contribution is 2.35. The Morgan fingerprint density at radius 2 is 1.96 bits per heavy atom. The molecule has 3 rings (SSSR count). The van der Waals surface area contributed by atoms with E-state index in [-0.39, 0.29) is 5.41 Å². The van der Waals surface area contributed by atoms with Crippen molar-refractivity contribution in [2.45, 2.75) is 26.2 Å². The predicted molar refractivity (Wildman–Crippen MR) is 96.7 cm³/mol. The maximum Gasteiger partial charge on any atom is 0.151 e. The Morgan fingerprint density at radius 3 is 2.70 bits per heavy atom. The van der Waals surface area contributed by atoms with Gasteiger partial charge in [-0.15, -0.1) is 0 Å². The molecular formula is C18H21N3OS. The van der Waals surface area contributed by atoms with E-state index in [1.54, 1.807) is 7.11 Å². The SMILES string of the molecule is COc1cccc2snc(NCC(C)(C)c3cccc(C)n3)c12. The lowest BCUT2D eigenvalue weighted by Gasteiger charge is -2.25. The van der Waals surface area contributed by atoms with Crippen LogP contribution < -0.4 is 10.1 Å². The first-order valence-electron chi connectivity index (χ1n) is 7.62. The molecule has 1 aromatic carbocycles. The van der Waals surface area contributed by atoms with Crippen molar-refractivity contribution < 1.29 is 4.74 Å². The number of aromatic nitrogens is 2. The van der Waals surface area contributed by atoms with Gasteiger partial charge in [0.2, 0.25) is 0 Å². The number of methoxy groups -OCH3 is 1. The molecule has 0 aliphatic heterocycles. The maximum absolute atomic E-state index is 5.47. The lowest BCUT2D eigenvalue weighted by atomic mass is 9.88. The molecule has 2 aromatic heterocycles. The quantitative estimate of drug-likeness (QED) is 0.754. The number of anilines is 1. The molecule has 0 aliphatic carbocycles. The van der Waals surface area contributed by atoms with E-state index in [0.29, 0.717) is 0 Å². The van der Waals surface area contributed by atoms with Crippen LogP contribution in [0.1, 0.15) is 25.2 Å². The first-order valence-corrected chi connectivity index (χ1v) is 8.39. The Bertz CT molecular complexity index is 826. The van der Waals surface area contributed by atoms with E-state index in [4.69, 9.17) is 4.74 Å². The minimum Gasteiger partial charge on any atom is -0.496 e. The van der Waals surface area contributed by atoms with Crippen LogP contribution in [0.2, 0.25) is 0 Å². The summed E-state index contributed by atoms with van der Waals surface area (Å²) in [6, 6.07) is 12.2. The Hall–Kier alpha value is -2.14. The molecule has 0 bridgehead atoms. The van der Waals surface area contributed by atoms with Crippen LogP contribution in [0.5, 0.6) is 5.75 Å². The van der Waals surface area contributed by atoms with Gasteiger partial charge in [-0.25, -0.2) is 0 Å². The lowest BCUT2D eigenvalue weighted by Crippen LogP contribution is -2.29. The Balaban J connectivity index is 1.86. The second-order valence-corrected chi connectivity index (χ2v) is 7.07. The van der Waals surface area contributed by atoms with Crippen LogP contribution >= 0.6 is 11.5 Å². The summed E-state index contributed by atoms with van der Waals surface area (Å²) in [7, 11) is 1.69. The minimum absolute atomic E-state index is 0.0933. The highest BCUT2D eigenvalue weighted by atomic mass is 32.1. The zero-order valence-corrected chi connectivity index (χ0v) is 14.7. The maximum atomic E-state index is 5.47. The molecule has 1 N–H and O–H groups in total. The molecule has 0 fully saturated rings. The third-order valence-electron chi connectivity index (χ3n) is 3.96. The molecular weight excluding hydrogens is 306 g/mol. The first-order chi connectivity index (χ1) is 11.0. The molecule has 0 atom stereocenters. The summed E-state index contributed by atoms with van der Waals surface area (Å²) in [6.07, 6.45) is 0. The summed E-state index contributed by atoms with van der Waals surface area (Å²) in [5, 5.41) is 4.53. The normalized spacial score (nSPS) is 11.7. The van der Waals surface area contributed by atoms with Crippen molar-refractivity contribution in [3.8, 4) is 5.75 Å². The lowest BCUT2D eigenvalue weighted by molar-refractivity contribution is 0.420. The standard InChI is InChI=1S/C18H21N3OS/c1-12-7-5-10-15(20-12)18(2,3)11-19-17-16-13(22-4)8-6-9-14(16)23-21-17/h5-10H,11H2,1-4H3,(H,19,21). The topological polar surface area (TPSA) is 47.0 Å². The summed E-state index contributed by atoms with van der Waals surface area (Å²) in [5.74, 6) is 1.73. The molecule has 120 valence electrons. The second kappa shape index (κ2) is 6.16. The molecule has 5 heteroatoms.